The fraction of sp³-hybridized carbons (Fsp3) is 0.611. The average molecular weight is 449 g/mol. The van der Waals surface area contributed by atoms with Crippen LogP contribution in [0.3, 0.4) is 0 Å². The van der Waals surface area contributed by atoms with E-state index in [4.69, 9.17) is 63.1 Å². The first-order chi connectivity index (χ1) is 11.9. The van der Waals surface area contributed by atoms with E-state index in [0.29, 0.717) is 10.0 Å². The van der Waals surface area contributed by atoms with E-state index in [1.807, 2.05) is 0 Å². The van der Waals surface area contributed by atoms with Crippen LogP contribution in [0.15, 0.2) is 0 Å². The first-order valence-corrected chi connectivity index (χ1v) is 10.5. The molecule has 0 unspecified atom stereocenters. The van der Waals surface area contributed by atoms with Crippen molar-refractivity contribution in [2.75, 3.05) is 0 Å². The first kappa shape index (κ1) is 23.2. The summed E-state index contributed by atoms with van der Waals surface area (Å²) in [4.78, 5) is 10.4. The molecule has 142 valence electrons. The van der Waals surface area contributed by atoms with Crippen molar-refractivity contribution in [1.82, 2.24) is 0 Å². The maximum atomic E-state index is 10.4. The maximum Gasteiger partial charge on any atom is 0.303 e. The molecule has 0 bridgehead atoms. The molecule has 0 fully saturated rings. The van der Waals surface area contributed by atoms with Crippen molar-refractivity contribution in [3.63, 3.8) is 0 Å². The Morgan fingerprint density at radius 1 is 0.600 bits per heavy atom. The van der Waals surface area contributed by atoms with Gasteiger partial charge in [-0.05, 0) is 24.8 Å². The van der Waals surface area contributed by atoms with Crippen molar-refractivity contribution >= 4 is 64.0 Å². The van der Waals surface area contributed by atoms with Crippen LogP contribution in [-0.4, -0.2) is 11.1 Å². The summed E-state index contributed by atoms with van der Waals surface area (Å²) in [6, 6.07) is 0. The standard InChI is InChI=1S/C18H23Cl5O2/c19-14-12(15(20)17(22)18(23)16(14)21)10-8-6-4-2-1-3-5-7-9-11-13(24)25/h1-11H2,(H,24,25). The number of hydrogen-bond acceptors (Lipinski definition) is 1. The molecule has 0 aliphatic heterocycles. The topological polar surface area (TPSA) is 37.3 Å². The van der Waals surface area contributed by atoms with Gasteiger partial charge in [0, 0.05) is 6.42 Å². The van der Waals surface area contributed by atoms with Gasteiger partial charge in [0.2, 0.25) is 0 Å². The highest BCUT2D eigenvalue weighted by atomic mass is 35.5. The lowest BCUT2D eigenvalue weighted by molar-refractivity contribution is -0.137. The quantitative estimate of drug-likeness (QED) is 0.198. The third-order valence-electron chi connectivity index (χ3n) is 4.12. The average Bonchev–Trinajstić information content (AvgIpc) is 2.58. The van der Waals surface area contributed by atoms with Crippen LogP contribution in [0.2, 0.25) is 25.1 Å². The summed E-state index contributed by atoms with van der Waals surface area (Å²) in [6.45, 7) is 0. The van der Waals surface area contributed by atoms with Crippen LogP contribution in [0.25, 0.3) is 0 Å². The molecule has 1 N–H and O–H groups in total. The molecule has 0 aliphatic carbocycles. The minimum Gasteiger partial charge on any atom is -0.481 e. The third-order valence-corrected chi connectivity index (χ3v) is 6.47. The molecule has 25 heavy (non-hydrogen) atoms. The molecule has 0 spiro atoms. The maximum absolute atomic E-state index is 10.4. The Balaban J connectivity index is 2.18. The zero-order valence-corrected chi connectivity index (χ0v) is 17.8. The van der Waals surface area contributed by atoms with Crippen LogP contribution < -0.4 is 0 Å². The molecule has 7 heteroatoms. The lowest BCUT2D eigenvalue weighted by Gasteiger charge is -2.12. The van der Waals surface area contributed by atoms with E-state index in [0.717, 1.165) is 50.5 Å². The number of carbonyl (C=O) groups is 1. The summed E-state index contributed by atoms with van der Waals surface area (Å²) in [6.07, 6.45) is 10.6. The number of aliphatic carboxylic acids is 1. The lowest BCUT2D eigenvalue weighted by Crippen LogP contribution is -1.93. The normalized spacial score (nSPS) is 11.1. The van der Waals surface area contributed by atoms with Gasteiger partial charge in [0.1, 0.15) is 0 Å². The van der Waals surface area contributed by atoms with Gasteiger partial charge in [-0.2, -0.15) is 0 Å². The SMILES string of the molecule is O=C(O)CCCCCCCCCCCc1c(Cl)c(Cl)c(Cl)c(Cl)c1Cl. The number of hydrogen-bond donors (Lipinski definition) is 1. The molecule has 0 saturated carbocycles. The molecule has 0 radical (unpaired) electrons. The Labute approximate surface area is 174 Å². The molecule has 0 aromatic heterocycles. The fourth-order valence-electron chi connectivity index (χ4n) is 2.69. The minimum atomic E-state index is -0.705. The Kier molecular flexibility index (Phi) is 11.6. The second-order valence-corrected chi connectivity index (χ2v) is 8.01. The van der Waals surface area contributed by atoms with Crippen molar-refractivity contribution < 1.29 is 9.90 Å². The summed E-state index contributed by atoms with van der Waals surface area (Å²) >= 11 is 30.6. The lowest BCUT2D eigenvalue weighted by atomic mass is 10.0. The highest BCUT2D eigenvalue weighted by molar-refractivity contribution is 6.55. The molecular formula is C18H23Cl5O2. The van der Waals surface area contributed by atoms with Crippen LogP contribution in [0.4, 0.5) is 0 Å². The number of carboxylic acids is 1. The van der Waals surface area contributed by atoms with E-state index in [9.17, 15) is 4.79 Å². The molecule has 0 saturated heterocycles. The highest BCUT2D eigenvalue weighted by Crippen LogP contribution is 2.44. The number of unbranched alkanes of at least 4 members (excludes halogenated alkanes) is 8. The van der Waals surface area contributed by atoms with Gasteiger partial charge in [-0.3, -0.25) is 4.79 Å². The van der Waals surface area contributed by atoms with Crippen LogP contribution in [0, 0.1) is 0 Å². The summed E-state index contributed by atoms with van der Waals surface area (Å²) in [5.41, 5.74) is 0.765. The van der Waals surface area contributed by atoms with Gasteiger partial charge >= 0.3 is 5.97 Å². The Morgan fingerprint density at radius 3 is 1.40 bits per heavy atom. The van der Waals surface area contributed by atoms with Crippen molar-refractivity contribution in [3.05, 3.63) is 30.7 Å². The Bertz CT molecular complexity index is 546. The van der Waals surface area contributed by atoms with E-state index < -0.39 is 5.97 Å². The van der Waals surface area contributed by atoms with Gasteiger partial charge < -0.3 is 5.11 Å². The van der Waals surface area contributed by atoms with Crippen molar-refractivity contribution in [2.24, 2.45) is 0 Å². The summed E-state index contributed by atoms with van der Waals surface area (Å²) in [7, 11) is 0. The zero-order valence-electron chi connectivity index (χ0n) is 14.0. The van der Waals surface area contributed by atoms with Crippen LogP contribution >= 0.6 is 58.0 Å². The zero-order chi connectivity index (χ0) is 18.8. The number of halogens is 5. The third kappa shape index (κ3) is 8.13. The van der Waals surface area contributed by atoms with E-state index in [-0.39, 0.29) is 21.5 Å². The predicted molar refractivity (Wildman–Crippen MR) is 109 cm³/mol. The fourth-order valence-corrected chi connectivity index (χ4v) is 4.05. The van der Waals surface area contributed by atoms with E-state index in [2.05, 4.69) is 0 Å². The molecular weight excluding hydrogens is 425 g/mol. The monoisotopic (exact) mass is 446 g/mol. The second kappa shape index (κ2) is 12.5. The van der Waals surface area contributed by atoms with Crippen molar-refractivity contribution in [1.29, 1.82) is 0 Å². The Morgan fingerprint density at radius 2 is 0.960 bits per heavy atom. The van der Waals surface area contributed by atoms with Gasteiger partial charge in [-0.1, -0.05) is 103 Å². The molecule has 0 atom stereocenters. The Hall–Kier alpha value is 0.140. The van der Waals surface area contributed by atoms with Gasteiger partial charge in [0.25, 0.3) is 0 Å². The summed E-state index contributed by atoms with van der Waals surface area (Å²) < 4.78 is 0. The van der Waals surface area contributed by atoms with Crippen molar-refractivity contribution in [3.8, 4) is 0 Å². The van der Waals surface area contributed by atoms with Crippen LogP contribution in [-0.2, 0) is 11.2 Å². The van der Waals surface area contributed by atoms with E-state index >= 15 is 0 Å². The second-order valence-electron chi connectivity index (χ2n) is 6.12. The molecule has 2 nitrogen and oxygen atoms in total. The van der Waals surface area contributed by atoms with E-state index in [1.54, 1.807) is 0 Å². The molecule has 1 aromatic rings. The summed E-state index contributed by atoms with van der Waals surface area (Å²) in [5.74, 6) is -0.705. The van der Waals surface area contributed by atoms with Crippen molar-refractivity contribution in [2.45, 2.75) is 70.6 Å². The molecule has 1 aromatic carbocycles. The van der Waals surface area contributed by atoms with E-state index in [1.165, 1.54) is 19.3 Å². The van der Waals surface area contributed by atoms with Gasteiger partial charge in [-0.15, -0.1) is 0 Å². The van der Waals surface area contributed by atoms with Crippen LogP contribution in [0.1, 0.15) is 69.8 Å². The predicted octanol–water partition coefficient (Wildman–Crippen LogP) is 8.48. The van der Waals surface area contributed by atoms with Gasteiger partial charge in [0.15, 0.2) is 0 Å². The van der Waals surface area contributed by atoms with Gasteiger partial charge in [-0.25, -0.2) is 0 Å². The largest absolute Gasteiger partial charge is 0.481 e. The highest BCUT2D eigenvalue weighted by Gasteiger charge is 2.18. The molecule has 0 heterocycles. The minimum absolute atomic E-state index is 0.199. The molecule has 0 amide bonds. The number of carboxylic acid groups (broad SMARTS) is 1. The van der Waals surface area contributed by atoms with Crippen LogP contribution in [0.5, 0.6) is 0 Å². The molecule has 1 rings (SSSR count). The first-order valence-electron chi connectivity index (χ1n) is 8.58. The number of rotatable bonds is 12. The molecule has 0 aliphatic rings. The summed E-state index contributed by atoms with van der Waals surface area (Å²) in [5, 5.41) is 10.1. The number of benzene rings is 1. The van der Waals surface area contributed by atoms with Gasteiger partial charge in [0.05, 0.1) is 25.1 Å². The smallest absolute Gasteiger partial charge is 0.303 e.